The first-order chi connectivity index (χ1) is 13.0. The van der Waals surface area contributed by atoms with Crippen molar-refractivity contribution in [3.8, 4) is 5.75 Å². The van der Waals surface area contributed by atoms with Crippen LogP contribution in [0.25, 0.3) is 0 Å². The number of nitrogens with zero attached hydrogens (tertiary/aromatic N) is 1. The third-order valence-corrected chi connectivity index (χ3v) is 4.02. The van der Waals surface area contributed by atoms with Crippen LogP contribution in [-0.2, 0) is 13.2 Å². The smallest absolute Gasteiger partial charge is 0.191 e. The lowest BCUT2D eigenvalue weighted by molar-refractivity contribution is 0.198. The second-order valence-corrected chi connectivity index (χ2v) is 6.00. The fraction of sp³-hybridized carbons (Fsp3) is 0.350. The van der Waals surface area contributed by atoms with Gasteiger partial charge in [0.15, 0.2) is 5.96 Å². The number of rotatable bonds is 8. The molecule has 0 saturated heterocycles. The number of aliphatic hydroxyl groups excluding tert-OH is 1. The van der Waals surface area contributed by atoms with Gasteiger partial charge in [0.25, 0.3) is 0 Å². The van der Waals surface area contributed by atoms with Gasteiger partial charge in [0.2, 0.25) is 0 Å². The molecule has 0 spiro atoms. The fourth-order valence-corrected chi connectivity index (χ4v) is 2.48. The van der Waals surface area contributed by atoms with Gasteiger partial charge in [-0.05, 0) is 36.2 Å². The van der Waals surface area contributed by atoms with Crippen LogP contribution in [0, 0.1) is 11.6 Å². The van der Waals surface area contributed by atoms with Crippen LogP contribution in [-0.4, -0.2) is 30.8 Å². The molecule has 7 heteroatoms. The van der Waals surface area contributed by atoms with Crippen molar-refractivity contribution < 1.29 is 18.6 Å². The Labute approximate surface area is 158 Å². The van der Waals surface area contributed by atoms with E-state index in [1.54, 1.807) is 31.3 Å². The predicted octanol–water partition coefficient (Wildman–Crippen LogP) is 2.98. The summed E-state index contributed by atoms with van der Waals surface area (Å²) in [5, 5.41) is 15.4. The van der Waals surface area contributed by atoms with Gasteiger partial charge in [-0.1, -0.05) is 19.1 Å². The Bertz CT molecular complexity index is 769. The number of halogens is 2. The molecular weight excluding hydrogens is 352 g/mol. The summed E-state index contributed by atoms with van der Waals surface area (Å²) in [6.45, 7) is 2.55. The first kappa shape index (κ1) is 20.6. The number of benzene rings is 2. The van der Waals surface area contributed by atoms with Gasteiger partial charge in [0.05, 0.1) is 13.2 Å². The van der Waals surface area contributed by atoms with Crippen LogP contribution in [0.1, 0.15) is 24.5 Å². The van der Waals surface area contributed by atoms with Crippen LogP contribution < -0.4 is 15.4 Å². The third kappa shape index (κ3) is 6.53. The summed E-state index contributed by atoms with van der Waals surface area (Å²) >= 11 is 0. The first-order valence-electron chi connectivity index (χ1n) is 8.80. The Hall–Kier alpha value is -2.67. The van der Waals surface area contributed by atoms with Crippen LogP contribution >= 0.6 is 0 Å². The Morgan fingerprint density at radius 2 is 2.00 bits per heavy atom. The molecule has 146 valence electrons. The van der Waals surface area contributed by atoms with Gasteiger partial charge in [-0.2, -0.15) is 0 Å². The highest BCUT2D eigenvalue weighted by atomic mass is 19.1. The minimum absolute atomic E-state index is 0.155. The van der Waals surface area contributed by atoms with Crippen LogP contribution in [0.4, 0.5) is 8.78 Å². The summed E-state index contributed by atoms with van der Waals surface area (Å²) in [6.07, 6.45) is 0.579. The van der Waals surface area contributed by atoms with Crippen molar-refractivity contribution in [1.82, 2.24) is 10.6 Å². The standard InChI is InChI=1S/C20H25F2N3O2/c1-3-17(27-18-6-4-5-16(21)10-18)12-25-20(23-2)24-11-14-7-8-19(22)15(9-14)13-26/h4-10,17,26H,3,11-13H2,1-2H3,(H2,23,24,25). The average molecular weight is 377 g/mol. The van der Waals surface area contributed by atoms with Crippen molar-refractivity contribution in [2.24, 2.45) is 4.99 Å². The van der Waals surface area contributed by atoms with Gasteiger partial charge in [-0.25, -0.2) is 8.78 Å². The van der Waals surface area contributed by atoms with E-state index in [9.17, 15) is 8.78 Å². The first-order valence-corrected chi connectivity index (χ1v) is 8.80. The number of aliphatic imine (C=N–C) groups is 1. The molecule has 0 heterocycles. The molecule has 0 aliphatic carbocycles. The molecule has 0 aliphatic heterocycles. The van der Waals surface area contributed by atoms with Crippen molar-refractivity contribution in [2.75, 3.05) is 13.6 Å². The normalized spacial score (nSPS) is 12.6. The fourth-order valence-electron chi connectivity index (χ4n) is 2.48. The zero-order valence-electron chi connectivity index (χ0n) is 15.5. The number of hydrogen-bond donors (Lipinski definition) is 3. The van der Waals surface area contributed by atoms with E-state index in [0.717, 1.165) is 12.0 Å². The predicted molar refractivity (Wildman–Crippen MR) is 102 cm³/mol. The van der Waals surface area contributed by atoms with Crippen molar-refractivity contribution in [2.45, 2.75) is 32.6 Å². The number of guanidine groups is 1. The molecule has 0 aromatic heterocycles. The summed E-state index contributed by atoms with van der Waals surface area (Å²) in [5.41, 5.74) is 1.08. The quantitative estimate of drug-likeness (QED) is 0.489. The summed E-state index contributed by atoms with van der Waals surface area (Å²) in [5.74, 6) is 0.277. The molecule has 5 nitrogen and oxygen atoms in total. The summed E-state index contributed by atoms with van der Waals surface area (Å²) in [6, 6.07) is 10.6. The molecule has 0 amide bonds. The minimum atomic E-state index is -0.427. The molecule has 0 fully saturated rings. The van der Waals surface area contributed by atoms with Crippen LogP contribution in [0.5, 0.6) is 5.75 Å². The molecule has 2 rings (SSSR count). The van der Waals surface area contributed by atoms with E-state index in [1.165, 1.54) is 18.2 Å². The van der Waals surface area contributed by atoms with E-state index in [1.807, 2.05) is 6.92 Å². The molecule has 1 unspecified atom stereocenters. The molecule has 2 aromatic rings. The molecule has 0 aliphatic rings. The number of hydrogen-bond acceptors (Lipinski definition) is 3. The van der Waals surface area contributed by atoms with Gasteiger partial charge >= 0.3 is 0 Å². The highest BCUT2D eigenvalue weighted by molar-refractivity contribution is 5.79. The van der Waals surface area contributed by atoms with Gasteiger partial charge in [0.1, 0.15) is 23.5 Å². The Morgan fingerprint density at radius 1 is 1.19 bits per heavy atom. The Balaban J connectivity index is 1.86. The van der Waals surface area contributed by atoms with E-state index in [4.69, 9.17) is 9.84 Å². The average Bonchev–Trinajstić information content (AvgIpc) is 2.68. The molecule has 27 heavy (non-hydrogen) atoms. The van der Waals surface area contributed by atoms with E-state index in [-0.39, 0.29) is 24.1 Å². The van der Waals surface area contributed by atoms with E-state index < -0.39 is 5.82 Å². The molecular formula is C20H25F2N3O2. The zero-order chi connectivity index (χ0) is 19.6. The van der Waals surface area contributed by atoms with Crippen LogP contribution in [0.3, 0.4) is 0 Å². The minimum Gasteiger partial charge on any atom is -0.489 e. The Morgan fingerprint density at radius 3 is 2.67 bits per heavy atom. The number of aliphatic hydroxyl groups is 1. The van der Waals surface area contributed by atoms with Crippen molar-refractivity contribution in [1.29, 1.82) is 0 Å². The molecule has 0 radical (unpaired) electrons. The van der Waals surface area contributed by atoms with Crippen molar-refractivity contribution in [3.63, 3.8) is 0 Å². The summed E-state index contributed by atoms with van der Waals surface area (Å²) in [4.78, 5) is 4.15. The lowest BCUT2D eigenvalue weighted by Gasteiger charge is -2.20. The SMILES string of the molecule is CCC(CNC(=NC)NCc1ccc(F)c(CO)c1)Oc1cccc(F)c1. The molecule has 0 saturated carbocycles. The van der Waals surface area contributed by atoms with Gasteiger partial charge in [-0.3, -0.25) is 4.99 Å². The largest absolute Gasteiger partial charge is 0.489 e. The third-order valence-electron chi connectivity index (χ3n) is 4.02. The van der Waals surface area contributed by atoms with Crippen LogP contribution in [0.15, 0.2) is 47.5 Å². The number of nitrogens with one attached hydrogen (secondary N) is 2. The monoisotopic (exact) mass is 377 g/mol. The summed E-state index contributed by atoms with van der Waals surface area (Å²) < 4.78 is 32.5. The highest BCUT2D eigenvalue weighted by Gasteiger charge is 2.10. The highest BCUT2D eigenvalue weighted by Crippen LogP contribution is 2.15. The lowest BCUT2D eigenvalue weighted by Crippen LogP contribution is -2.42. The van der Waals surface area contributed by atoms with Crippen molar-refractivity contribution >= 4 is 5.96 Å². The zero-order valence-corrected chi connectivity index (χ0v) is 15.5. The van der Waals surface area contributed by atoms with Gasteiger partial charge in [-0.15, -0.1) is 0 Å². The van der Waals surface area contributed by atoms with Gasteiger partial charge in [0, 0.05) is 25.2 Å². The maximum Gasteiger partial charge on any atom is 0.191 e. The van der Waals surface area contributed by atoms with E-state index >= 15 is 0 Å². The topological polar surface area (TPSA) is 65.9 Å². The molecule has 1 atom stereocenters. The van der Waals surface area contributed by atoms with Crippen LogP contribution in [0.2, 0.25) is 0 Å². The molecule has 3 N–H and O–H groups in total. The maximum atomic E-state index is 13.4. The number of ether oxygens (including phenoxy) is 1. The second kappa shape index (κ2) is 10.5. The van der Waals surface area contributed by atoms with E-state index in [2.05, 4.69) is 15.6 Å². The Kier molecular flexibility index (Phi) is 8.00. The molecule has 0 bridgehead atoms. The van der Waals surface area contributed by atoms with Crippen molar-refractivity contribution in [3.05, 3.63) is 65.2 Å². The molecule has 2 aromatic carbocycles. The lowest BCUT2D eigenvalue weighted by atomic mass is 10.1. The maximum absolute atomic E-state index is 13.4. The summed E-state index contributed by atoms with van der Waals surface area (Å²) in [7, 11) is 1.65. The van der Waals surface area contributed by atoms with E-state index in [0.29, 0.717) is 24.8 Å². The second-order valence-electron chi connectivity index (χ2n) is 6.00. The van der Waals surface area contributed by atoms with Gasteiger partial charge < -0.3 is 20.5 Å².